The standard InChI is InChI=1S/C45H90NO6P/c1-37(2)17-11-19-39(5)21-13-23-41(7)25-15-27-43(9)29-32-49-35-45(36-52-53(47,48)51-34-31-46)50-33-30-44(10)28-16-26-42(8)24-14-22-40(6)20-12-18-38(3)4/h29-30,37-42,45H,11-28,31-36,46H2,1-10H3,(H,47,48)/b43-29+,44-30+. The maximum atomic E-state index is 12.2. The van der Waals surface area contributed by atoms with Crippen LogP contribution in [0.25, 0.3) is 0 Å². The minimum atomic E-state index is -4.20. The molecular formula is C45H90NO6P. The number of phosphoric acid groups is 1. The van der Waals surface area contributed by atoms with Gasteiger partial charge in [-0.15, -0.1) is 0 Å². The maximum Gasteiger partial charge on any atom is 0.472 e. The quantitative estimate of drug-likeness (QED) is 0.0368. The number of rotatable bonds is 37. The summed E-state index contributed by atoms with van der Waals surface area (Å²) in [6.45, 7) is 24.4. The second-order valence-corrected chi connectivity index (χ2v) is 19.1. The van der Waals surface area contributed by atoms with Gasteiger partial charge in [0.05, 0.1) is 33.0 Å². The fourth-order valence-electron chi connectivity index (χ4n) is 6.87. The molecule has 0 saturated carbocycles. The molecule has 3 N–H and O–H groups in total. The molecule has 0 rings (SSSR count). The van der Waals surface area contributed by atoms with Crippen molar-refractivity contribution in [3.8, 4) is 0 Å². The maximum absolute atomic E-state index is 12.2. The van der Waals surface area contributed by atoms with Crippen LogP contribution in [0, 0.1) is 35.5 Å². The molecule has 0 amide bonds. The third-order valence-electron chi connectivity index (χ3n) is 10.7. The highest BCUT2D eigenvalue weighted by molar-refractivity contribution is 7.47. The summed E-state index contributed by atoms with van der Waals surface area (Å²) < 4.78 is 34.4. The van der Waals surface area contributed by atoms with E-state index in [2.05, 4.69) is 81.4 Å². The zero-order valence-electron chi connectivity index (χ0n) is 36.7. The summed E-state index contributed by atoms with van der Waals surface area (Å²) in [5.74, 6) is 4.86. The van der Waals surface area contributed by atoms with Crippen molar-refractivity contribution < 1.29 is 28.0 Å². The third-order valence-corrected chi connectivity index (χ3v) is 11.7. The Bertz CT molecular complexity index is 953. The van der Waals surface area contributed by atoms with Gasteiger partial charge in [-0.2, -0.15) is 0 Å². The number of hydrogen-bond acceptors (Lipinski definition) is 6. The van der Waals surface area contributed by atoms with Gasteiger partial charge in [0.25, 0.3) is 0 Å². The number of nitrogens with two attached hydrogens (primary N) is 1. The Labute approximate surface area is 330 Å². The molecule has 7 nitrogen and oxygen atoms in total. The van der Waals surface area contributed by atoms with E-state index in [0.717, 1.165) is 48.3 Å². The van der Waals surface area contributed by atoms with Crippen molar-refractivity contribution in [2.45, 2.75) is 191 Å². The first-order valence-corrected chi connectivity index (χ1v) is 23.4. The Kier molecular flexibility index (Phi) is 33.3. The second kappa shape index (κ2) is 33.6. The lowest BCUT2D eigenvalue weighted by molar-refractivity contribution is -0.0284. The van der Waals surface area contributed by atoms with Crippen molar-refractivity contribution in [2.75, 3.05) is 39.6 Å². The largest absolute Gasteiger partial charge is 0.472 e. The van der Waals surface area contributed by atoms with E-state index in [1.165, 1.54) is 114 Å². The number of phosphoric ester groups is 1. The van der Waals surface area contributed by atoms with Gasteiger partial charge in [0, 0.05) is 6.54 Å². The molecule has 0 aliphatic carbocycles. The van der Waals surface area contributed by atoms with Crippen LogP contribution in [-0.4, -0.2) is 50.6 Å². The van der Waals surface area contributed by atoms with Crippen LogP contribution in [0.3, 0.4) is 0 Å². The van der Waals surface area contributed by atoms with Crippen LogP contribution < -0.4 is 5.73 Å². The van der Waals surface area contributed by atoms with E-state index < -0.39 is 13.9 Å². The SMILES string of the molecule is C/C(=C\COCC(COP(=O)(O)OCCN)OC/C=C(\C)CCCC(C)CCCC(C)CCCC(C)C)CCCC(C)CCCC(C)CCCC(C)C. The number of allylic oxidation sites excluding steroid dienone is 2. The first-order valence-electron chi connectivity index (χ1n) is 22.0. The average Bonchev–Trinajstić information content (AvgIpc) is 3.07. The highest BCUT2D eigenvalue weighted by Gasteiger charge is 2.23. The molecule has 8 heteroatoms. The Morgan fingerprint density at radius 1 is 0.585 bits per heavy atom. The fraction of sp³-hybridized carbons (Fsp3) is 0.911. The Morgan fingerprint density at radius 3 is 1.40 bits per heavy atom. The lowest BCUT2D eigenvalue weighted by atomic mass is 9.91. The molecule has 6 unspecified atom stereocenters. The van der Waals surface area contributed by atoms with E-state index in [9.17, 15) is 9.46 Å². The van der Waals surface area contributed by atoms with Gasteiger partial charge in [0.2, 0.25) is 0 Å². The monoisotopic (exact) mass is 772 g/mol. The number of hydrogen-bond donors (Lipinski definition) is 2. The van der Waals surface area contributed by atoms with Crippen LogP contribution in [0.1, 0.15) is 185 Å². The molecule has 0 radical (unpaired) electrons. The van der Waals surface area contributed by atoms with Gasteiger partial charge in [0.15, 0.2) is 0 Å². The molecule has 0 fully saturated rings. The van der Waals surface area contributed by atoms with E-state index in [4.69, 9.17) is 24.3 Å². The van der Waals surface area contributed by atoms with E-state index in [1.807, 2.05) is 0 Å². The van der Waals surface area contributed by atoms with E-state index in [0.29, 0.717) is 13.2 Å². The third kappa shape index (κ3) is 35.6. The van der Waals surface area contributed by atoms with Crippen LogP contribution in [0.4, 0.5) is 0 Å². The fourth-order valence-corrected chi connectivity index (χ4v) is 7.64. The topological polar surface area (TPSA) is 100 Å². The zero-order chi connectivity index (χ0) is 39.9. The summed E-state index contributed by atoms with van der Waals surface area (Å²) in [5.41, 5.74) is 8.06. The van der Waals surface area contributed by atoms with Crippen molar-refractivity contribution in [1.82, 2.24) is 0 Å². The molecule has 0 aliphatic rings. The molecular weight excluding hydrogens is 681 g/mol. The molecule has 53 heavy (non-hydrogen) atoms. The lowest BCUT2D eigenvalue weighted by Gasteiger charge is -2.19. The summed E-state index contributed by atoms with van der Waals surface area (Å²) >= 11 is 0. The summed E-state index contributed by atoms with van der Waals surface area (Å²) in [6.07, 6.45) is 27.0. The number of ether oxygens (including phenoxy) is 2. The first kappa shape index (κ1) is 52.5. The van der Waals surface area contributed by atoms with Gasteiger partial charge in [-0.05, 0) is 75.0 Å². The molecule has 0 saturated heterocycles. The highest BCUT2D eigenvalue weighted by Crippen LogP contribution is 2.43. The van der Waals surface area contributed by atoms with Crippen LogP contribution in [-0.2, 0) is 23.1 Å². The molecule has 0 aromatic rings. The lowest BCUT2D eigenvalue weighted by Crippen LogP contribution is -2.26. The second-order valence-electron chi connectivity index (χ2n) is 17.7. The van der Waals surface area contributed by atoms with Gasteiger partial charge >= 0.3 is 7.82 Å². The van der Waals surface area contributed by atoms with Gasteiger partial charge in [-0.3, -0.25) is 9.05 Å². The van der Waals surface area contributed by atoms with Crippen LogP contribution in [0.15, 0.2) is 23.3 Å². The molecule has 0 heterocycles. The predicted octanol–water partition coefficient (Wildman–Crippen LogP) is 13.3. The van der Waals surface area contributed by atoms with E-state index in [-0.39, 0.29) is 26.4 Å². The minimum Gasteiger partial charge on any atom is -0.375 e. The van der Waals surface area contributed by atoms with E-state index >= 15 is 0 Å². The predicted molar refractivity (Wildman–Crippen MR) is 228 cm³/mol. The van der Waals surface area contributed by atoms with E-state index in [1.54, 1.807) is 0 Å². The zero-order valence-corrected chi connectivity index (χ0v) is 37.6. The van der Waals surface area contributed by atoms with Crippen molar-refractivity contribution in [3.63, 3.8) is 0 Å². The van der Waals surface area contributed by atoms with Crippen LogP contribution >= 0.6 is 7.82 Å². The minimum absolute atomic E-state index is 0.0471. The average molecular weight is 772 g/mol. The highest BCUT2D eigenvalue weighted by atomic mass is 31.2. The van der Waals surface area contributed by atoms with Crippen molar-refractivity contribution in [1.29, 1.82) is 0 Å². The summed E-state index contributed by atoms with van der Waals surface area (Å²) in [7, 11) is -4.20. The van der Waals surface area contributed by atoms with Crippen LogP contribution in [0.5, 0.6) is 0 Å². The molecule has 0 spiro atoms. The van der Waals surface area contributed by atoms with Crippen molar-refractivity contribution in [2.24, 2.45) is 41.2 Å². The summed E-state index contributed by atoms with van der Waals surface area (Å²) in [6, 6.07) is 0. The molecule has 6 atom stereocenters. The Balaban J connectivity index is 4.55. The molecule has 0 bridgehead atoms. The Hall–Kier alpha value is -0.530. The van der Waals surface area contributed by atoms with Crippen LogP contribution in [0.2, 0.25) is 0 Å². The summed E-state index contributed by atoms with van der Waals surface area (Å²) in [4.78, 5) is 10.0. The van der Waals surface area contributed by atoms with Crippen molar-refractivity contribution in [3.05, 3.63) is 23.3 Å². The molecule has 316 valence electrons. The van der Waals surface area contributed by atoms with Gasteiger partial charge < -0.3 is 20.1 Å². The molecule has 0 aromatic heterocycles. The summed E-state index contributed by atoms with van der Waals surface area (Å²) in [5, 5.41) is 0. The molecule has 0 aromatic carbocycles. The first-order chi connectivity index (χ1) is 25.1. The Morgan fingerprint density at radius 2 is 0.981 bits per heavy atom. The smallest absolute Gasteiger partial charge is 0.375 e. The molecule has 0 aliphatic heterocycles. The van der Waals surface area contributed by atoms with Crippen molar-refractivity contribution >= 4 is 7.82 Å². The van der Waals surface area contributed by atoms with Gasteiger partial charge in [-0.25, -0.2) is 4.57 Å². The van der Waals surface area contributed by atoms with Gasteiger partial charge in [-0.1, -0.05) is 169 Å². The normalized spacial score (nSPS) is 16.9. The van der Waals surface area contributed by atoms with Gasteiger partial charge in [0.1, 0.15) is 6.10 Å².